The van der Waals surface area contributed by atoms with Gasteiger partial charge in [0.1, 0.15) is 0 Å². The molecule has 23 heavy (non-hydrogen) atoms. The molecule has 4 N–H and O–H groups in total. The Balaban J connectivity index is 1.86. The third kappa shape index (κ3) is 3.22. The van der Waals surface area contributed by atoms with Gasteiger partial charge in [-0.05, 0) is 32.5 Å². The monoisotopic (exact) mass is 312 g/mol. The molecule has 0 saturated carbocycles. The molecule has 0 spiro atoms. The van der Waals surface area contributed by atoms with Crippen LogP contribution in [-0.2, 0) is 0 Å². The number of hydrazone groups is 1. The van der Waals surface area contributed by atoms with E-state index >= 15 is 0 Å². The van der Waals surface area contributed by atoms with Gasteiger partial charge in [-0.3, -0.25) is 5.10 Å². The first kappa shape index (κ1) is 15.6. The van der Waals surface area contributed by atoms with Crippen molar-refractivity contribution in [2.75, 3.05) is 13.6 Å². The molecule has 3 unspecified atom stereocenters. The number of nitrogens with one attached hydrogen (secondary N) is 4. The Kier molecular flexibility index (Phi) is 4.62. The summed E-state index contributed by atoms with van der Waals surface area (Å²) in [5.41, 5.74) is 7.75. The van der Waals surface area contributed by atoms with E-state index in [1.165, 1.54) is 11.1 Å². The first-order chi connectivity index (χ1) is 11.2. The van der Waals surface area contributed by atoms with Crippen LogP contribution < -0.4 is 16.1 Å². The van der Waals surface area contributed by atoms with Gasteiger partial charge in [0, 0.05) is 35.6 Å². The summed E-state index contributed by atoms with van der Waals surface area (Å²) >= 11 is 0. The van der Waals surface area contributed by atoms with Gasteiger partial charge < -0.3 is 16.1 Å². The molecule has 3 atom stereocenters. The summed E-state index contributed by atoms with van der Waals surface area (Å²) in [5, 5.41) is 18.3. The summed E-state index contributed by atoms with van der Waals surface area (Å²) in [4.78, 5) is 0. The normalized spacial score (nSPS) is 24.1. The van der Waals surface area contributed by atoms with Crippen LogP contribution in [0.1, 0.15) is 24.2 Å². The van der Waals surface area contributed by atoms with Crippen molar-refractivity contribution in [2.24, 2.45) is 11.0 Å². The van der Waals surface area contributed by atoms with Gasteiger partial charge in [-0.25, -0.2) is 0 Å². The Morgan fingerprint density at radius 3 is 3.04 bits per heavy atom. The van der Waals surface area contributed by atoms with Crippen LogP contribution in [0.4, 0.5) is 0 Å². The summed E-state index contributed by atoms with van der Waals surface area (Å²) in [6.45, 7) is 4.95. The van der Waals surface area contributed by atoms with E-state index in [0.717, 1.165) is 17.9 Å². The van der Waals surface area contributed by atoms with E-state index < -0.39 is 0 Å². The first-order valence-corrected chi connectivity index (χ1v) is 7.97. The van der Waals surface area contributed by atoms with Crippen molar-refractivity contribution in [1.29, 1.82) is 0 Å². The fourth-order valence-electron chi connectivity index (χ4n) is 3.04. The van der Waals surface area contributed by atoms with Gasteiger partial charge in [0.25, 0.3) is 0 Å². The van der Waals surface area contributed by atoms with E-state index in [-0.39, 0.29) is 12.1 Å². The molecule has 6 heteroatoms. The Morgan fingerprint density at radius 2 is 2.35 bits per heavy atom. The molecule has 122 valence electrons. The predicted octanol–water partition coefficient (Wildman–Crippen LogP) is 1.54. The van der Waals surface area contributed by atoms with Crippen molar-refractivity contribution >= 4 is 6.21 Å². The Hall–Kier alpha value is -2.34. The lowest BCUT2D eigenvalue weighted by Gasteiger charge is -2.26. The molecule has 1 aliphatic carbocycles. The second-order valence-corrected chi connectivity index (χ2v) is 5.91. The third-order valence-electron chi connectivity index (χ3n) is 4.35. The molecule has 0 amide bonds. The zero-order chi connectivity index (χ0) is 16.2. The number of allylic oxidation sites excluding steroid dienone is 2. The van der Waals surface area contributed by atoms with Crippen molar-refractivity contribution in [3.8, 4) is 0 Å². The SMILES string of the molecule is C/C=C(\CNC)C(NC1=CC2C=NNC2C=C1)c1cn[nH]c1C. The lowest BCUT2D eigenvalue weighted by atomic mass is 9.94. The smallest absolute Gasteiger partial charge is 0.0772 e. The molecule has 0 aromatic carbocycles. The Labute approximate surface area is 136 Å². The number of H-pyrrole nitrogens is 1. The highest BCUT2D eigenvalue weighted by Gasteiger charge is 2.25. The minimum Gasteiger partial charge on any atom is -0.375 e. The van der Waals surface area contributed by atoms with Crippen LogP contribution in [0, 0.1) is 12.8 Å². The number of aryl methyl sites for hydroxylation is 1. The summed E-state index contributed by atoms with van der Waals surface area (Å²) in [6, 6.07) is 0.373. The second kappa shape index (κ2) is 6.83. The number of fused-ring (bicyclic) bond motifs is 1. The van der Waals surface area contributed by atoms with Crippen LogP contribution in [0.3, 0.4) is 0 Å². The topological polar surface area (TPSA) is 77.1 Å². The number of likely N-dealkylation sites (N-methyl/N-ethyl adjacent to an activating group) is 1. The van der Waals surface area contributed by atoms with E-state index in [1.807, 2.05) is 19.5 Å². The minimum atomic E-state index is 0.0879. The molecule has 2 aliphatic rings. The van der Waals surface area contributed by atoms with Crippen LogP contribution >= 0.6 is 0 Å². The minimum absolute atomic E-state index is 0.0879. The van der Waals surface area contributed by atoms with Crippen LogP contribution in [0.2, 0.25) is 0 Å². The Bertz CT molecular complexity index is 666. The maximum absolute atomic E-state index is 4.18. The molecule has 1 aromatic heterocycles. The van der Waals surface area contributed by atoms with E-state index in [2.05, 4.69) is 69.5 Å². The fraction of sp³-hybridized carbons (Fsp3) is 0.412. The molecule has 0 fully saturated rings. The van der Waals surface area contributed by atoms with Gasteiger partial charge >= 0.3 is 0 Å². The average Bonchev–Trinajstić information content (AvgIpc) is 3.18. The van der Waals surface area contributed by atoms with Crippen LogP contribution in [0.5, 0.6) is 0 Å². The summed E-state index contributed by atoms with van der Waals surface area (Å²) in [5.74, 6) is 0.312. The van der Waals surface area contributed by atoms with Crippen LogP contribution in [-0.4, -0.2) is 36.0 Å². The molecule has 6 nitrogen and oxygen atoms in total. The second-order valence-electron chi connectivity index (χ2n) is 5.91. The number of rotatable bonds is 6. The number of hydrogen-bond donors (Lipinski definition) is 4. The van der Waals surface area contributed by atoms with Gasteiger partial charge in [0.05, 0.1) is 18.3 Å². The summed E-state index contributed by atoms with van der Waals surface area (Å²) in [7, 11) is 1.97. The average molecular weight is 312 g/mol. The summed E-state index contributed by atoms with van der Waals surface area (Å²) < 4.78 is 0. The molecule has 0 radical (unpaired) electrons. The van der Waals surface area contributed by atoms with Crippen molar-refractivity contribution in [3.05, 3.63) is 53.0 Å². The molecule has 0 saturated heterocycles. The van der Waals surface area contributed by atoms with Gasteiger partial charge in [0.2, 0.25) is 0 Å². The molecular weight excluding hydrogens is 288 g/mol. The van der Waals surface area contributed by atoms with Crippen molar-refractivity contribution in [3.63, 3.8) is 0 Å². The lowest BCUT2D eigenvalue weighted by molar-refractivity contribution is 0.598. The number of aromatic amines is 1. The highest BCUT2D eigenvalue weighted by atomic mass is 15.3. The largest absolute Gasteiger partial charge is 0.375 e. The van der Waals surface area contributed by atoms with Crippen molar-refractivity contribution in [1.82, 2.24) is 26.3 Å². The number of nitrogens with zero attached hydrogens (tertiary/aromatic N) is 2. The van der Waals surface area contributed by atoms with Gasteiger partial charge in [-0.15, -0.1) is 0 Å². The highest BCUT2D eigenvalue weighted by molar-refractivity contribution is 5.68. The standard InChI is InChI=1S/C17H24N6/c1-4-12(8-18-3)17(15-10-20-22-11(15)2)21-14-5-6-16-13(7-14)9-19-23-16/h4-7,9-10,13,16-18,21,23H,8H2,1-3H3,(H,20,22)/b12-4+. The maximum Gasteiger partial charge on any atom is 0.0772 e. The molecule has 2 heterocycles. The van der Waals surface area contributed by atoms with Crippen molar-refractivity contribution < 1.29 is 0 Å². The molecule has 1 aromatic rings. The zero-order valence-electron chi connectivity index (χ0n) is 13.8. The zero-order valence-corrected chi connectivity index (χ0v) is 13.8. The molecule has 1 aliphatic heterocycles. The van der Waals surface area contributed by atoms with E-state index in [9.17, 15) is 0 Å². The van der Waals surface area contributed by atoms with Gasteiger partial charge in [0.15, 0.2) is 0 Å². The fourth-order valence-corrected chi connectivity index (χ4v) is 3.04. The quantitative estimate of drug-likeness (QED) is 0.601. The van der Waals surface area contributed by atoms with Gasteiger partial charge in [-0.1, -0.05) is 18.2 Å². The first-order valence-electron chi connectivity index (χ1n) is 7.97. The number of hydrogen-bond acceptors (Lipinski definition) is 5. The lowest BCUT2D eigenvalue weighted by Crippen LogP contribution is -2.31. The highest BCUT2D eigenvalue weighted by Crippen LogP contribution is 2.26. The predicted molar refractivity (Wildman–Crippen MR) is 93.0 cm³/mol. The van der Waals surface area contributed by atoms with Crippen LogP contribution in [0.25, 0.3) is 0 Å². The number of aromatic nitrogens is 2. The van der Waals surface area contributed by atoms with E-state index in [4.69, 9.17) is 0 Å². The molecule has 0 bridgehead atoms. The van der Waals surface area contributed by atoms with Crippen LogP contribution in [0.15, 0.2) is 46.9 Å². The van der Waals surface area contributed by atoms with Crippen molar-refractivity contribution in [2.45, 2.75) is 25.9 Å². The van der Waals surface area contributed by atoms with E-state index in [0.29, 0.717) is 5.92 Å². The third-order valence-corrected chi connectivity index (χ3v) is 4.35. The molecule has 3 rings (SSSR count). The molecular formula is C17H24N6. The van der Waals surface area contributed by atoms with Gasteiger partial charge in [-0.2, -0.15) is 10.2 Å². The Morgan fingerprint density at radius 1 is 1.48 bits per heavy atom. The van der Waals surface area contributed by atoms with E-state index in [1.54, 1.807) is 0 Å². The maximum atomic E-state index is 4.18. The summed E-state index contributed by atoms with van der Waals surface area (Å²) in [6.07, 6.45) is 12.5.